The first-order valence-electron chi connectivity index (χ1n) is 5.98. The van der Waals surface area contributed by atoms with E-state index in [9.17, 15) is 19.8 Å². The molecule has 1 heterocycles. The van der Waals surface area contributed by atoms with Crippen molar-refractivity contribution in [2.45, 2.75) is 44.3 Å². The van der Waals surface area contributed by atoms with Crippen molar-refractivity contribution in [1.82, 2.24) is 5.32 Å². The third kappa shape index (κ3) is 3.63. The van der Waals surface area contributed by atoms with E-state index in [1.807, 2.05) is 0 Å². The van der Waals surface area contributed by atoms with Gasteiger partial charge in [0.25, 0.3) is 0 Å². The number of esters is 1. The first-order valence-corrected chi connectivity index (χ1v) is 5.98. The number of nitrogens with one attached hydrogen (secondary N) is 1. The molecular formula is C11H19NO7. The number of amides is 1. The SMILES string of the molecule is CCOC(=O)[C@@H]1OC(CO)[C@@H](O)[C@H](O)[C@H]1NC(C)=O. The van der Waals surface area contributed by atoms with Gasteiger partial charge in [-0.15, -0.1) is 0 Å². The zero-order valence-corrected chi connectivity index (χ0v) is 10.8. The number of carbonyl (C=O) groups excluding carboxylic acids is 2. The molecule has 1 aliphatic rings. The van der Waals surface area contributed by atoms with E-state index in [4.69, 9.17) is 14.6 Å². The van der Waals surface area contributed by atoms with Gasteiger partial charge >= 0.3 is 5.97 Å². The highest BCUT2D eigenvalue weighted by molar-refractivity contribution is 5.79. The predicted octanol–water partition coefficient (Wildman–Crippen LogP) is -2.46. The Labute approximate surface area is 110 Å². The second-order valence-electron chi connectivity index (χ2n) is 4.24. The first kappa shape index (κ1) is 15.8. The van der Waals surface area contributed by atoms with Crippen LogP contribution in [-0.4, -0.2) is 70.9 Å². The minimum Gasteiger partial charge on any atom is -0.464 e. The lowest BCUT2D eigenvalue weighted by molar-refractivity contribution is -0.209. The first-order chi connectivity index (χ1) is 8.92. The van der Waals surface area contributed by atoms with Crippen LogP contribution < -0.4 is 5.32 Å². The largest absolute Gasteiger partial charge is 0.464 e. The van der Waals surface area contributed by atoms with Gasteiger partial charge in [-0.1, -0.05) is 0 Å². The van der Waals surface area contributed by atoms with Crippen molar-refractivity contribution in [2.24, 2.45) is 0 Å². The van der Waals surface area contributed by atoms with Crippen LogP contribution in [0.1, 0.15) is 13.8 Å². The maximum absolute atomic E-state index is 11.7. The third-order valence-electron chi connectivity index (χ3n) is 2.82. The molecular weight excluding hydrogens is 258 g/mol. The number of aliphatic hydroxyl groups excluding tert-OH is 3. The summed E-state index contributed by atoms with van der Waals surface area (Å²) in [6, 6.07) is -1.13. The summed E-state index contributed by atoms with van der Waals surface area (Å²) in [6.07, 6.45) is -5.24. The van der Waals surface area contributed by atoms with Gasteiger partial charge in [-0.2, -0.15) is 0 Å². The second-order valence-corrected chi connectivity index (χ2v) is 4.24. The molecule has 19 heavy (non-hydrogen) atoms. The Morgan fingerprint density at radius 2 is 1.95 bits per heavy atom. The fourth-order valence-corrected chi connectivity index (χ4v) is 1.94. The lowest BCUT2D eigenvalue weighted by Gasteiger charge is -2.41. The Bertz CT molecular complexity index is 335. The highest BCUT2D eigenvalue weighted by Crippen LogP contribution is 2.22. The van der Waals surface area contributed by atoms with Crippen LogP contribution in [-0.2, 0) is 19.1 Å². The maximum atomic E-state index is 11.7. The van der Waals surface area contributed by atoms with Gasteiger partial charge in [0.15, 0.2) is 6.10 Å². The lowest BCUT2D eigenvalue weighted by Crippen LogP contribution is -2.66. The van der Waals surface area contributed by atoms with Crippen LogP contribution in [0.4, 0.5) is 0 Å². The van der Waals surface area contributed by atoms with Gasteiger partial charge in [0.1, 0.15) is 18.3 Å². The van der Waals surface area contributed by atoms with Gasteiger partial charge in [-0.3, -0.25) is 4.79 Å². The zero-order valence-electron chi connectivity index (χ0n) is 10.8. The van der Waals surface area contributed by atoms with Gasteiger partial charge in [-0.25, -0.2) is 4.79 Å². The molecule has 110 valence electrons. The van der Waals surface area contributed by atoms with Crippen LogP contribution in [0.5, 0.6) is 0 Å². The van der Waals surface area contributed by atoms with Crippen LogP contribution in [0, 0.1) is 0 Å². The molecule has 1 rings (SSSR count). The van der Waals surface area contributed by atoms with E-state index in [-0.39, 0.29) is 6.61 Å². The molecule has 0 aromatic carbocycles. The molecule has 8 nitrogen and oxygen atoms in total. The molecule has 0 spiro atoms. The van der Waals surface area contributed by atoms with E-state index in [0.717, 1.165) is 0 Å². The summed E-state index contributed by atoms with van der Waals surface area (Å²) in [4.78, 5) is 22.8. The van der Waals surface area contributed by atoms with E-state index in [1.165, 1.54) is 6.92 Å². The average molecular weight is 277 g/mol. The van der Waals surface area contributed by atoms with Crippen molar-refractivity contribution in [3.63, 3.8) is 0 Å². The number of carbonyl (C=O) groups is 2. The van der Waals surface area contributed by atoms with E-state index in [0.29, 0.717) is 0 Å². The molecule has 0 saturated carbocycles. The number of rotatable bonds is 4. The van der Waals surface area contributed by atoms with E-state index < -0.39 is 48.9 Å². The normalized spacial score (nSPS) is 34.7. The highest BCUT2D eigenvalue weighted by Gasteiger charge is 2.48. The number of aliphatic hydroxyl groups is 3. The molecule has 5 atom stereocenters. The van der Waals surface area contributed by atoms with E-state index >= 15 is 0 Å². The highest BCUT2D eigenvalue weighted by atomic mass is 16.6. The van der Waals surface area contributed by atoms with Gasteiger partial charge < -0.3 is 30.1 Å². The monoisotopic (exact) mass is 277 g/mol. The Morgan fingerprint density at radius 3 is 2.42 bits per heavy atom. The molecule has 1 aliphatic heterocycles. The van der Waals surface area contributed by atoms with Crippen molar-refractivity contribution in [3.05, 3.63) is 0 Å². The molecule has 0 aliphatic carbocycles. The van der Waals surface area contributed by atoms with Crippen LogP contribution >= 0.6 is 0 Å². The summed E-state index contributed by atoms with van der Waals surface area (Å²) in [5.74, 6) is -1.26. The van der Waals surface area contributed by atoms with Crippen molar-refractivity contribution in [1.29, 1.82) is 0 Å². The zero-order chi connectivity index (χ0) is 14.6. The Kier molecular flexibility index (Phi) is 5.67. The molecule has 0 aromatic rings. The van der Waals surface area contributed by atoms with Crippen LogP contribution in [0.15, 0.2) is 0 Å². The average Bonchev–Trinajstić information content (AvgIpc) is 2.35. The van der Waals surface area contributed by atoms with Gasteiger partial charge in [0.2, 0.25) is 5.91 Å². The van der Waals surface area contributed by atoms with E-state index in [1.54, 1.807) is 6.92 Å². The Morgan fingerprint density at radius 1 is 1.32 bits per heavy atom. The molecule has 1 unspecified atom stereocenters. The van der Waals surface area contributed by atoms with Crippen molar-refractivity contribution in [2.75, 3.05) is 13.2 Å². The topological polar surface area (TPSA) is 125 Å². The Balaban J connectivity index is 2.92. The van der Waals surface area contributed by atoms with Crippen molar-refractivity contribution in [3.8, 4) is 0 Å². The van der Waals surface area contributed by atoms with Crippen LogP contribution in [0.25, 0.3) is 0 Å². The quantitative estimate of drug-likeness (QED) is 0.420. The lowest BCUT2D eigenvalue weighted by atomic mass is 9.92. The van der Waals surface area contributed by atoms with Crippen LogP contribution in [0.3, 0.4) is 0 Å². The maximum Gasteiger partial charge on any atom is 0.337 e. The standard InChI is InChI=1S/C11H19NO7/c1-3-18-11(17)10-7(12-5(2)14)9(16)8(15)6(4-13)19-10/h6-10,13,15-16H,3-4H2,1-2H3,(H,12,14)/t6?,7-,8-,9-,10-/m1/s1. The molecule has 0 bridgehead atoms. The number of hydrogen-bond donors (Lipinski definition) is 4. The molecule has 1 amide bonds. The third-order valence-corrected chi connectivity index (χ3v) is 2.82. The summed E-state index contributed by atoms with van der Waals surface area (Å²) in [6.45, 7) is 2.34. The fourth-order valence-electron chi connectivity index (χ4n) is 1.94. The molecule has 0 aromatic heterocycles. The van der Waals surface area contributed by atoms with Crippen LogP contribution in [0.2, 0.25) is 0 Å². The van der Waals surface area contributed by atoms with Gasteiger partial charge in [0.05, 0.1) is 19.3 Å². The van der Waals surface area contributed by atoms with Gasteiger partial charge in [-0.05, 0) is 6.92 Å². The summed E-state index contributed by atoms with van der Waals surface area (Å²) in [7, 11) is 0. The molecule has 8 heteroatoms. The van der Waals surface area contributed by atoms with Crippen molar-refractivity contribution >= 4 is 11.9 Å². The minimum absolute atomic E-state index is 0.105. The summed E-state index contributed by atoms with van der Waals surface area (Å²) in [5, 5.41) is 31.0. The Hall–Kier alpha value is -1.22. The number of hydrogen-bond acceptors (Lipinski definition) is 7. The second kappa shape index (κ2) is 6.80. The number of ether oxygens (including phenoxy) is 2. The molecule has 1 fully saturated rings. The molecule has 1 saturated heterocycles. The smallest absolute Gasteiger partial charge is 0.337 e. The summed E-state index contributed by atoms with van der Waals surface area (Å²) in [5.41, 5.74) is 0. The van der Waals surface area contributed by atoms with Gasteiger partial charge in [0, 0.05) is 6.92 Å². The molecule has 4 N–H and O–H groups in total. The van der Waals surface area contributed by atoms with E-state index in [2.05, 4.69) is 5.32 Å². The fraction of sp³-hybridized carbons (Fsp3) is 0.818. The minimum atomic E-state index is -1.44. The summed E-state index contributed by atoms with van der Waals surface area (Å²) < 4.78 is 9.98. The van der Waals surface area contributed by atoms with Crippen molar-refractivity contribution < 1.29 is 34.4 Å². The predicted molar refractivity (Wildman–Crippen MR) is 62.0 cm³/mol. The molecule has 0 radical (unpaired) electrons. The summed E-state index contributed by atoms with van der Waals surface area (Å²) >= 11 is 0.